The second-order valence-electron chi connectivity index (χ2n) is 13.8. The summed E-state index contributed by atoms with van der Waals surface area (Å²) in [4.78, 5) is 46.4. The van der Waals surface area contributed by atoms with Gasteiger partial charge in [-0.2, -0.15) is 0 Å². The van der Waals surface area contributed by atoms with Crippen LogP contribution in [0.5, 0.6) is 5.75 Å². The number of methoxy groups -OCH3 is 1. The van der Waals surface area contributed by atoms with Gasteiger partial charge in [0.1, 0.15) is 5.75 Å². The molecular formula is C37H51N5O5. The fraction of sp³-hybridized carbons (Fsp3) is 0.595. The maximum absolute atomic E-state index is 14.1. The summed E-state index contributed by atoms with van der Waals surface area (Å²) >= 11 is 0. The number of benzene rings is 2. The van der Waals surface area contributed by atoms with Crippen LogP contribution < -0.4 is 15.4 Å². The van der Waals surface area contributed by atoms with Crippen LogP contribution in [0, 0.1) is 25.7 Å². The summed E-state index contributed by atoms with van der Waals surface area (Å²) in [5.41, 5.74) is 4.93. The van der Waals surface area contributed by atoms with Crippen molar-refractivity contribution in [3.05, 3.63) is 58.7 Å². The van der Waals surface area contributed by atoms with E-state index in [1.54, 1.807) is 12.0 Å². The van der Waals surface area contributed by atoms with Gasteiger partial charge in [-0.1, -0.05) is 35.9 Å². The predicted octanol–water partition coefficient (Wildman–Crippen LogP) is 5.15. The number of carbonyl (C=O) groups is 3. The van der Waals surface area contributed by atoms with Crippen LogP contribution in [0.15, 0.2) is 36.4 Å². The van der Waals surface area contributed by atoms with E-state index in [1.807, 2.05) is 47.9 Å². The van der Waals surface area contributed by atoms with E-state index in [4.69, 9.17) is 9.47 Å². The van der Waals surface area contributed by atoms with Crippen molar-refractivity contribution in [1.82, 2.24) is 20.0 Å². The minimum absolute atomic E-state index is 0.0339. The number of amides is 4. The number of para-hydroxylation sites is 1. The average molecular weight is 646 g/mol. The van der Waals surface area contributed by atoms with Crippen LogP contribution in [0.1, 0.15) is 60.8 Å². The molecule has 0 bridgehead atoms. The second-order valence-corrected chi connectivity index (χ2v) is 13.8. The number of hydrogen-bond donors (Lipinski definition) is 2. The zero-order valence-corrected chi connectivity index (χ0v) is 28.3. The molecule has 2 N–H and O–H groups in total. The van der Waals surface area contributed by atoms with Gasteiger partial charge in [-0.25, -0.2) is 9.59 Å². The molecule has 1 atom stereocenters. The molecule has 0 saturated carbocycles. The third-order valence-electron chi connectivity index (χ3n) is 10.8. The van der Waals surface area contributed by atoms with Crippen LogP contribution >= 0.6 is 0 Å². The van der Waals surface area contributed by atoms with Crippen molar-refractivity contribution in [2.45, 2.75) is 77.4 Å². The summed E-state index contributed by atoms with van der Waals surface area (Å²) in [7, 11) is 1.64. The summed E-state index contributed by atoms with van der Waals surface area (Å²) in [6.45, 7) is 9.14. The number of urea groups is 1. The summed E-state index contributed by atoms with van der Waals surface area (Å²) in [6, 6.07) is 12.0. The van der Waals surface area contributed by atoms with Crippen molar-refractivity contribution in [3.8, 4) is 5.75 Å². The maximum Gasteiger partial charge on any atom is 0.410 e. The number of hydrogen-bond acceptors (Lipinski definition) is 6. The number of rotatable bonds is 7. The molecule has 0 aliphatic carbocycles. The highest BCUT2D eigenvalue weighted by Gasteiger charge is 2.37. The Kier molecular flexibility index (Phi) is 10.5. The van der Waals surface area contributed by atoms with E-state index < -0.39 is 12.2 Å². The van der Waals surface area contributed by atoms with Gasteiger partial charge in [0.25, 0.3) is 5.91 Å². The van der Waals surface area contributed by atoms with Gasteiger partial charge < -0.3 is 34.8 Å². The molecule has 3 fully saturated rings. The van der Waals surface area contributed by atoms with Crippen LogP contribution in [0.25, 0.3) is 0 Å². The van der Waals surface area contributed by atoms with Gasteiger partial charge in [0, 0.05) is 50.9 Å². The standard InChI is InChI=1S/C37H51N5O5/c1-25-22-26(2)34(46-3)30(23-25)24-33(35(43)40-17-10-28(11-18-40)27-8-15-38-16-9-27)47-37(45)41-19-13-31(14-20-41)42-21-12-29-6-4-5-7-32(29)39-36(42)44/h4-7,22-23,27-28,31,33,38H,8-21,24H2,1-3H3,(H,39,44)/t33-/m1/s1. The lowest BCUT2D eigenvalue weighted by atomic mass is 9.79. The monoisotopic (exact) mass is 645 g/mol. The van der Waals surface area contributed by atoms with Crippen molar-refractivity contribution < 1.29 is 23.9 Å². The summed E-state index contributed by atoms with van der Waals surface area (Å²) in [5, 5.41) is 6.52. The topological polar surface area (TPSA) is 103 Å². The molecule has 0 unspecified atom stereocenters. The maximum atomic E-state index is 14.1. The van der Waals surface area contributed by atoms with Gasteiger partial charge in [-0.05, 0) is 106 Å². The minimum atomic E-state index is -0.944. The van der Waals surface area contributed by atoms with Crippen LogP contribution in [0.4, 0.5) is 15.3 Å². The van der Waals surface area contributed by atoms with Gasteiger partial charge in [0.2, 0.25) is 0 Å². The average Bonchev–Trinajstić information content (AvgIpc) is 3.26. The lowest BCUT2D eigenvalue weighted by Gasteiger charge is -2.39. The molecule has 6 rings (SSSR count). The molecule has 4 aliphatic heterocycles. The van der Waals surface area contributed by atoms with Crippen LogP contribution in [-0.2, 0) is 22.4 Å². The van der Waals surface area contributed by atoms with E-state index >= 15 is 0 Å². The highest BCUT2D eigenvalue weighted by atomic mass is 16.6. The number of piperidine rings is 3. The number of carbonyl (C=O) groups excluding carboxylic acids is 3. The van der Waals surface area contributed by atoms with Crippen molar-refractivity contribution in [3.63, 3.8) is 0 Å². The molecule has 2 aromatic carbocycles. The Balaban J connectivity index is 1.11. The molecule has 4 heterocycles. The first kappa shape index (κ1) is 33.1. The van der Waals surface area contributed by atoms with Crippen LogP contribution in [-0.4, -0.2) is 97.8 Å². The number of nitrogens with one attached hydrogen (secondary N) is 2. The smallest absolute Gasteiger partial charge is 0.410 e. The Morgan fingerprint density at radius 2 is 1.57 bits per heavy atom. The predicted molar refractivity (Wildman–Crippen MR) is 182 cm³/mol. The molecule has 47 heavy (non-hydrogen) atoms. The summed E-state index contributed by atoms with van der Waals surface area (Å²) < 4.78 is 11.9. The molecule has 0 aromatic heterocycles. The summed E-state index contributed by atoms with van der Waals surface area (Å²) in [6.07, 6.45) is 5.35. The van der Waals surface area contributed by atoms with E-state index in [1.165, 1.54) is 12.8 Å². The Morgan fingerprint density at radius 1 is 0.894 bits per heavy atom. The van der Waals surface area contributed by atoms with Crippen molar-refractivity contribution in [2.75, 3.05) is 58.2 Å². The van der Waals surface area contributed by atoms with Crippen molar-refractivity contribution in [1.29, 1.82) is 0 Å². The number of anilines is 1. The van der Waals surface area contributed by atoms with E-state index in [0.717, 1.165) is 72.0 Å². The first-order chi connectivity index (χ1) is 22.8. The Hall–Kier alpha value is -3.79. The van der Waals surface area contributed by atoms with Gasteiger partial charge in [-0.15, -0.1) is 0 Å². The Labute approximate surface area is 279 Å². The third kappa shape index (κ3) is 7.69. The van der Waals surface area contributed by atoms with E-state index in [0.29, 0.717) is 51.5 Å². The van der Waals surface area contributed by atoms with Crippen LogP contribution in [0.3, 0.4) is 0 Å². The highest BCUT2D eigenvalue weighted by molar-refractivity contribution is 5.91. The van der Waals surface area contributed by atoms with Crippen molar-refractivity contribution in [2.24, 2.45) is 11.8 Å². The number of nitrogens with zero attached hydrogens (tertiary/aromatic N) is 3. The number of aryl methyl sites for hydroxylation is 2. The lowest BCUT2D eigenvalue weighted by molar-refractivity contribution is -0.142. The highest BCUT2D eigenvalue weighted by Crippen LogP contribution is 2.32. The second kappa shape index (κ2) is 15.0. The molecule has 254 valence electrons. The largest absolute Gasteiger partial charge is 0.496 e. The quantitative estimate of drug-likeness (QED) is 0.432. The van der Waals surface area contributed by atoms with E-state index in [9.17, 15) is 14.4 Å². The normalized spacial score (nSPS) is 20.7. The number of ether oxygens (including phenoxy) is 2. The third-order valence-corrected chi connectivity index (χ3v) is 10.8. The lowest BCUT2D eigenvalue weighted by Crippen LogP contribution is -2.52. The molecule has 10 nitrogen and oxygen atoms in total. The van der Waals surface area contributed by atoms with E-state index in [-0.39, 0.29) is 24.4 Å². The fourth-order valence-electron chi connectivity index (χ4n) is 8.27. The van der Waals surface area contributed by atoms with Gasteiger partial charge in [0.15, 0.2) is 6.10 Å². The molecule has 0 spiro atoms. The molecule has 4 amide bonds. The fourth-order valence-corrected chi connectivity index (χ4v) is 8.27. The van der Waals surface area contributed by atoms with Gasteiger partial charge >= 0.3 is 12.1 Å². The van der Waals surface area contributed by atoms with Gasteiger partial charge in [-0.3, -0.25) is 4.79 Å². The first-order valence-corrected chi connectivity index (χ1v) is 17.6. The molecule has 3 saturated heterocycles. The van der Waals surface area contributed by atoms with Crippen molar-refractivity contribution >= 4 is 23.7 Å². The molecule has 0 radical (unpaired) electrons. The van der Waals surface area contributed by atoms with Gasteiger partial charge in [0.05, 0.1) is 7.11 Å². The molecular weight excluding hydrogens is 594 g/mol. The SMILES string of the molecule is COc1c(C)cc(C)cc1C[C@@H](OC(=O)N1CCC(N2CCc3ccccc3NC2=O)CC1)C(=O)N1CCC(C2CCNCC2)CC1. The zero-order chi connectivity index (χ0) is 32.9. The number of fused-ring (bicyclic) bond motifs is 1. The molecule has 10 heteroatoms. The Bertz CT molecular complexity index is 1430. The molecule has 4 aliphatic rings. The zero-order valence-electron chi connectivity index (χ0n) is 28.3. The number of likely N-dealkylation sites (tertiary alicyclic amines) is 2. The Morgan fingerprint density at radius 3 is 2.30 bits per heavy atom. The first-order valence-electron chi connectivity index (χ1n) is 17.6. The van der Waals surface area contributed by atoms with Crippen LogP contribution in [0.2, 0.25) is 0 Å². The minimum Gasteiger partial charge on any atom is -0.496 e. The summed E-state index contributed by atoms with van der Waals surface area (Å²) in [5.74, 6) is 1.97. The molecule has 2 aromatic rings. The van der Waals surface area contributed by atoms with E-state index in [2.05, 4.69) is 22.8 Å².